The van der Waals surface area contributed by atoms with Crippen molar-refractivity contribution in [2.75, 3.05) is 19.6 Å². The lowest BCUT2D eigenvalue weighted by Gasteiger charge is -2.36. The van der Waals surface area contributed by atoms with E-state index in [9.17, 15) is 9.59 Å². The zero-order valence-corrected chi connectivity index (χ0v) is 12.1. The molecule has 1 unspecified atom stereocenters. The number of carbonyl (C=O) groups is 2. The van der Waals surface area contributed by atoms with E-state index in [2.05, 4.69) is 17.4 Å². The first-order chi connectivity index (χ1) is 10.1. The van der Waals surface area contributed by atoms with Gasteiger partial charge in [-0.2, -0.15) is 0 Å². The minimum atomic E-state index is -0.695. The van der Waals surface area contributed by atoms with Crippen molar-refractivity contribution < 1.29 is 9.59 Å². The Morgan fingerprint density at radius 3 is 2.71 bits per heavy atom. The van der Waals surface area contributed by atoms with Gasteiger partial charge in [-0.25, -0.2) is 4.79 Å². The normalized spacial score (nSPS) is 35.1. The highest BCUT2D eigenvalue weighted by Gasteiger charge is 2.61. The first-order valence-corrected chi connectivity index (χ1v) is 7.54. The molecule has 3 amide bonds. The van der Waals surface area contributed by atoms with Gasteiger partial charge in [0.1, 0.15) is 5.54 Å². The molecule has 3 atom stereocenters. The van der Waals surface area contributed by atoms with Crippen molar-refractivity contribution in [2.45, 2.75) is 30.8 Å². The number of urea groups is 1. The molecule has 1 N–H and O–H groups in total. The van der Waals surface area contributed by atoms with Crippen LogP contribution in [0.3, 0.4) is 0 Å². The summed E-state index contributed by atoms with van der Waals surface area (Å²) in [4.78, 5) is 28.6. The molecule has 1 saturated carbocycles. The van der Waals surface area contributed by atoms with Gasteiger partial charge in [-0.05, 0) is 18.9 Å². The van der Waals surface area contributed by atoms with Crippen molar-refractivity contribution in [3.8, 4) is 0 Å². The van der Waals surface area contributed by atoms with E-state index < -0.39 is 5.54 Å². The van der Waals surface area contributed by atoms with Gasteiger partial charge < -0.3 is 10.2 Å². The van der Waals surface area contributed by atoms with Gasteiger partial charge in [0.15, 0.2) is 0 Å². The van der Waals surface area contributed by atoms with Crippen LogP contribution in [0, 0.1) is 0 Å². The van der Waals surface area contributed by atoms with Crippen LogP contribution >= 0.6 is 0 Å². The maximum Gasteiger partial charge on any atom is 0.328 e. The summed E-state index contributed by atoms with van der Waals surface area (Å²) >= 11 is 0. The average Bonchev–Trinajstić information content (AvgIpc) is 3.25. The first-order valence-electron chi connectivity index (χ1n) is 7.54. The monoisotopic (exact) mass is 285 g/mol. The Morgan fingerprint density at radius 1 is 1.24 bits per heavy atom. The summed E-state index contributed by atoms with van der Waals surface area (Å²) in [7, 11) is 0. The van der Waals surface area contributed by atoms with Crippen molar-refractivity contribution in [3.05, 3.63) is 35.9 Å². The van der Waals surface area contributed by atoms with Gasteiger partial charge in [-0.15, -0.1) is 0 Å². The van der Waals surface area contributed by atoms with E-state index in [0.29, 0.717) is 19.0 Å². The Morgan fingerprint density at radius 2 is 2.00 bits per heavy atom. The van der Waals surface area contributed by atoms with Crippen LogP contribution in [0.2, 0.25) is 0 Å². The summed E-state index contributed by atoms with van der Waals surface area (Å²) < 4.78 is 0. The fourth-order valence-corrected chi connectivity index (χ4v) is 3.66. The lowest BCUT2D eigenvalue weighted by atomic mass is 9.98. The SMILES string of the molecule is CC12CNCCN1C(=O)N([C@H]1C[C@@H]1c1ccccc1)C2=O. The highest BCUT2D eigenvalue weighted by Crippen LogP contribution is 2.48. The van der Waals surface area contributed by atoms with Crippen LogP contribution in [0.15, 0.2) is 30.3 Å². The zero-order valence-electron chi connectivity index (χ0n) is 12.1. The Bertz CT molecular complexity index is 603. The fourth-order valence-electron chi connectivity index (χ4n) is 3.66. The summed E-state index contributed by atoms with van der Waals surface area (Å²) in [5.41, 5.74) is 0.523. The molecule has 0 aromatic heterocycles. The fraction of sp³-hybridized carbons (Fsp3) is 0.500. The van der Waals surface area contributed by atoms with Crippen LogP contribution in [0.1, 0.15) is 24.8 Å². The number of carbonyl (C=O) groups excluding carboxylic acids is 2. The van der Waals surface area contributed by atoms with E-state index in [-0.39, 0.29) is 18.0 Å². The van der Waals surface area contributed by atoms with Crippen molar-refractivity contribution in [3.63, 3.8) is 0 Å². The molecule has 2 heterocycles. The molecule has 1 aromatic rings. The van der Waals surface area contributed by atoms with Crippen LogP contribution in [0.5, 0.6) is 0 Å². The Labute approximate surface area is 123 Å². The molecule has 0 radical (unpaired) electrons. The maximum absolute atomic E-state index is 12.8. The van der Waals surface area contributed by atoms with Crippen molar-refractivity contribution in [1.82, 2.24) is 15.1 Å². The molecule has 21 heavy (non-hydrogen) atoms. The number of benzene rings is 1. The molecule has 1 aromatic carbocycles. The maximum atomic E-state index is 12.8. The lowest BCUT2D eigenvalue weighted by molar-refractivity contribution is -0.133. The second-order valence-electron chi connectivity index (χ2n) is 6.38. The standard InChI is InChI=1S/C16H19N3O2/c1-16-10-17-7-8-18(16)15(21)19(14(16)20)13-9-12(13)11-5-3-2-4-6-11/h2-6,12-13,17H,7-10H2,1H3/t12-,13+,16?/m1/s1. The highest BCUT2D eigenvalue weighted by atomic mass is 16.2. The summed E-state index contributed by atoms with van der Waals surface area (Å²) in [6.07, 6.45) is 0.888. The third-order valence-corrected chi connectivity index (χ3v) is 5.01. The van der Waals surface area contributed by atoms with Gasteiger partial charge in [0.25, 0.3) is 5.91 Å². The molecule has 2 saturated heterocycles. The molecule has 1 aliphatic carbocycles. The first kappa shape index (κ1) is 12.8. The van der Waals surface area contributed by atoms with E-state index in [1.54, 1.807) is 4.90 Å². The number of rotatable bonds is 2. The van der Waals surface area contributed by atoms with Gasteiger partial charge in [-0.1, -0.05) is 30.3 Å². The van der Waals surface area contributed by atoms with Crippen LogP contribution < -0.4 is 5.32 Å². The van der Waals surface area contributed by atoms with E-state index in [4.69, 9.17) is 0 Å². The van der Waals surface area contributed by atoms with Gasteiger partial charge in [0.2, 0.25) is 0 Å². The Hall–Kier alpha value is -1.88. The van der Waals surface area contributed by atoms with E-state index in [1.807, 2.05) is 25.1 Å². The predicted octanol–water partition coefficient (Wildman–Crippen LogP) is 1.17. The molecule has 5 heteroatoms. The number of nitrogens with zero attached hydrogens (tertiary/aromatic N) is 2. The summed E-state index contributed by atoms with van der Waals surface area (Å²) in [6.45, 7) is 3.80. The van der Waals surface area contributed by atoms with Gasteiger partial charge in [0, 0.05) is 31.6 Å². The molecular formula is C16H19N3O2. The number of fused-ring (bicyclic) bond motifs is 1. The van der Waals surface area contributed by atoms with Crippen LogP contribution in [-0.2, 0) is 4.79 Å². The van der Waals surface area contributed by atoms with Crippen LogP contribution in [-0.4, -0.2) is 53.0 Å². The molecule has 0 spiro atoms. The van der Waals surface area contributed by atoms with E-state index in [0.717, 1.165) is 13.0 Å². The molecule has 3 aliphatic rings. The molecule has 3 fully saturated rings. The topological polar surface area (TPSA) is 52.7 Å². The smallest absolute Gasteiger partial charge is 0.312 e. The molecule has 4 rings (SSSR count). The number of amides is 3. The second kappa shape index (κ2) is 4.31. The Kier molecular flexibility index (Phi) is 2.63. The molecule has 0 bridgehead atoms. The molecule has 2 aliphatic heterocycles. The van der Waals surface area contributed by atoms with Crippen molar-refractivity contribution in [2.24, 2.45) is 0 Å². The summed E-state index contributed by atoms with van der Waals surface area (Å²) in [6, 6.07) is 10.1. The van der Waals surface area contributed by atoms with Crippen molar-refractivity contribution >= 4 is 11.9 Å². The number of hydrogen-bond acceptors (Lipinski definition) is 3. The number of piperazine rings is 1. The molecular weight excluding hydrogens is 266 g/mol. The van der Waals surface area contributed by atoms with E-state index >= 15 is 0 Å². The van der Waals surface area contributed by atoms with Crippen LogP contribution in [0.4, 0.5) is 4.79 Å². The van der Waals surface area contributed by atoms with E-state index in [1.165, 1.54) is 10.5 Å². The third-order valence-electron chi connectivity index (χ3n) is 5.01. The quantitative estimate of drug-likeness (QED) is 0.830. The summed E-state index contributed by atoms with van der Waals surface area (Å²) in [5, 5.41) is 3.23. The number of imide groups is 1. The van der Waals surface area contributed by atoms with Crippen LogP contribution in [0.25, 0.3) is 0 Å². The average molecular weight is 285 g/mol. The third kappa shape index (κ3) is 1.73. The minimum Gasteiger partial charge on any atom is -0.312 e. The lowest BCUT2D eigenvalue weighted by Crippen LogP contribution is -2.59. The number of hydrogen-bond donors (Lipinski definition) is 1. The largest absolute Gasteiger partial charge is 0.328 e. The number of nitrogens with one attached hydrogen (secondary N) is 1. The van der Waals surface area contributed by atoms with Gasteiger partial charge in [-0.3, -0.25) is 9.69 Å². The minimum absolute atomic E-state index is 0.0369. The second-order valence-corrected chi connectivity index (χ2v) is 6.38. The molecule has 110 valence electrons. The Balaban J connectivity index is 1.60. The van der Waals surface area contributed by atoms with Gasteiger partial charge >= 0.3 is 6.03 Å². The zero-order chi connectivity index (χ0) is 14.6. The highest BCUT2D eigenvalue weighted by molar-refractivity contribution is 6.07. The van der Waals surface area contributed by atoms with Crippen molar-refractivity contribution in [1.29, 1.82) is 0 Å². The summed E-state index contributed by atoms with van der Waals surface area (Å²) in [5.74, 6) is 0.264. The van der Waals surface area contributed by atoms with Gasteiger partial charge in [0.05, 0.1) is 0 Å². The predicted molar refractivity (Wildman–Crippen MR) is 77.8 cm³/mol. The molecule has 5 nitrogen and oxygen atoms in total.